The molecule has 0 fully saturated rings. The van der Waals surface area contributed by atoms with Crippen LogP contribution in [0.3, 0.4) is 0 Å². The van der Waals surface area contributed by atoms with Gasteiger partial charge in [0.25, 0.3) is 5.91 Å². The van der Waals surface area contributed by atoms with Crippen molar-refractivity contribution < 1.29 is 9.90 Å². The summed E-state index contributed by atoms with van der Waals surface area (Å²) in [6, 6.07) is 5.31. The molecule has 1 amide bonds. The number of nitrogens with two attached hydrogens (primary N) is 1. The Morgan fingerprint density at radius 3 is 2.68 bits per heavy atom. The van der Waals surface area contributed by atoms with Crippen LogP contribution in [-0.4, -0.2) is 48.7 Å². The average Bonchev–Trinajstić information content (AvgIpc) is 2.27. The number of hydrogen-bond acceptors (Lipinski definition) is 4. The van der Waals surface area contributed by atoms with E-state index in [2.05, 4.69) is 5.32 Å². The molecule has 0 bridgehead atoms. The lowest BCUT2D eigenvalue weighted by molar-refractivity contribution is 0.0326. The van der Waals surface area contributed by atoms with E-state index in [9.17, 15) is 9.90 Å². The summed E-state index contributed by atoms with van der Waals surface area (Å²) in [5.41, 5.74) is 6.66. The SMILES string of the molecule is Cc1ccc(N)c(C(=O)NCC(C)(O)CN(C)C)c1. The second-order valence-electron chi connectivity index (χ2n) is 5.51. The van der Waals surface area contributed by atoms with E-state index in [1.54, 1.807) is 19.1 Å². The Kier molecular flexibility index (Phi) is 4.91. The van der Waals surface area contributed by atoms with Gasteiger partial charge >= 0.3 is 0 Å². The van der Waals surface area contributed by atoms with Crippen LogP contribution in [-0.2, 0) is 0 Å². The number of nitrogens with one attached hydrogen (secondary N) is 1. The molecular formula is C14H23N3O2. The van der Waals surface area contributed by atoms with E-state index in [1.807, 2.05) is 32.0 Å². The Hall–Kier alpha value is -1.59. The van der Waals surface area contributed by atoms with E-state index in [1.165, 1.54) is 0 Å². The number of carbonyl (C=O) groups is 1. The molecule has 1 rings (SSSR count). The van der Waals surface area contributed by atoms with Crippen molar-refractivity contribution in [3.8, 4) is 0 Å². The number of aliphatic hydroxyl groups is 1. The Balaban J connectivity index is 2.68. The summed E-state index contributed by atoms with van der Waals surface area (Å²) in [6.07, 6.45) is 0. The first-order valence-corrected chi connectivity index (χ1v) is 6.23. The van der Waals surface area contributed by atoms with Crippen LogP contribution >= 0.6 is 0 Å². The van der Waals surface area contributed by atoms with Crippen molar-refractivity contribution in [1.29, 1.82) is 0 Å². The van der Waals surface area contributed by atoms with E-state index < -0.39 is 5.60 Å². The Bertz CT molecular complexity index is 456. The molecule has 0 aromatic heterocycles. The van der Waals surface area contributed by atoms with Gasteiger partial charge in [-0.15, -0.1) is 0 Å². The zero-order chi connectivity index (χ0) is 14.6. The molecule has 1 atom stereocenters. The van der Waals surface area contributed by atoms with Crippen LogP contribution in [0.1, 0.15) is 22.8 Å². The highest BCUT2D eigenvalue weighted by molar-refractivity contribution is 5.99. The molecule has 4 N–H and O–H groups in total. The summed E-state index contributed by atoms with van der Waals surface area (Å²) in [5, 5.41) is 12.8. The maximum Gasteiger partial charge on any atom is 0.253 e. The zero-order valence-corrected chi connectivity index (χ0v) is 12.0. The van der Waals surface area contributed by atoms with Crippen LogP contribution in [0.5, 0.6) is 0 Å². The van der Waals surface area contributed by atoms with Crippen molar-refractivity contribution in [3.63, 3.8) is 0 Å². The summed E-state index contributed by atoms with van der Waals surface area (Å²) in [4.78, 5) is 13.9. The second-order valence-corrected chi connectivity index (χ2v) is 5.51. The number of nitrogen functional groups attached to an aromatic ring is 1. The third-order valence-corrected chi connectivity index (χ3v) is 2.74. The number of rotatable bonds is 5. The number of carbonyl (C=O) groups excluding carboxylic acids is 1. The van der Waals surface area contributed by atoms with Gasteiger partial charge in [0.2, 0.25) is 0 Å². The highest BCUT2D eigenvalue weighted by Crippen LogP contribution is 2.14. The van der Waals surface area contributed by atoms with E-state index in [-0.39, 0.29) is 12.5 Å². The topological polar surface area (TPSA) is 78.6 Å². The van der Waals surface area contributed by atoms with Crippen LogP contribution in [0.4, 0.5) is 5.69 Å². The minimum Gasteiger partial charge on any atom is -0.398 e. The van der Waals surface area contributed by atoms with E-state index >= 15 is 0 Å². The molecule has 0 aliphatic rings. The molecule has 1 aromatic carbocycles. The van der Waals surface area contributed by atoms with Crippen LogP contribution in [0, 0.1) is 6.92 Å². The molecule has 0 aliphatic heterocycles. The number of hydrogen-bond donors (Lipinski definition) is 3. The van der Waals surface area contributed by atoms with Crippen molar-refractivity contribution in [2.45, 2.75) is 19.4 Å². The monoisotopic (exact) mass is 265 g/mol. The number of nitrogens with zero attached hydrogens (tertiary/aromatic N) is 1. The van der Waals surface area contributed by atoms with Gasteiger partial charge in [0.15, 0.2) is 0 Å². The summed E-state index contributed by atoms with van der Waals surface area (Å²) in [6.45, 7) is 4.24. The van der Waals surface area contributed by atoms with Crippen LogP contribution in [0.15, 0.2) is 18.2 Å². The van der Waals surface area contributed by atoms with E-state index in [0.717, 1.165) is 5.56 Å². The number of likely N-dealkylation sites (N-methyl/N-ethyl adjacent to an activating group) is 1. The Morgan fingerprint density at radius 1 is 1.47 bits per heavy atom. The lowest BCUT2D eigenvalue weighted by Gasteiger charge is -2.27. The number of amides is 1. The molecule has 0 radical (unpaired) electrons. The first-order chi connectivity index (χ1) is 8.71. The standard InChI is InChI=1S/C14H23N3O2/c1-10-5-6-12(15)11(7-10)13(18)16-8-14(2,19)9-17(3)4/h5-7,19H,8-9,15H2,1-4H3,(H,16,18). The lowest BCUT2D eigenvalue weighted by Crippen LogP contribution is -2.47. The summed E-state index contributed by atoms with van der Waals surface area (Å²) in [5.74, 6) is -0.264. The average molecular weight is 265 g/mol. The third kappa shape index (κ3) is 4.89. The molecular weight excluding hydrogens is 242 g/mol. The maximum absolute atomic E-state index is 12.0. The fraction of sp³-hybridized carbons (Fsp3) is 0.500. The van der Waals surface area contributed by atoms with Crippen LogP contribution in [0.2, 0.25) is 0 Å². The third-order valence-electron chi connectivity index (χ3n) is 2.74. The number of anilines is 1. The minimum absolute atomic E-state index is 0.178. The van der Waals surface area contributed by atoms with Gasteiger partial charge in [-0.2, -0.15) is 0 Å². The summed E-state index contributed by atoms with van der Waals surface area (Å²) < 4.78 is 0. The maximum atomic E-state index is 12.0. The van der Waals surface area contributed by atoms with Gasteiger partial charge in [0, 0.05) is 18.8 Å². The van der Waals surface area contributed by atoms with E-state index in [4.69, 9.17) is 5.73 Å². The predicted molar refractivity (Wildman–Crippen MR) is 77.1 cm³/mol. The summed E-state index contributed by atoms with van der Waals surface area (Å²) in [7, 11) is 3.74. The van der Waals surface area contributed by atoms with Gasteiger partial charge < -0.3 is 21.1 Å². The van der Waals surface area contributed by atoms with Crippen LogP contribution in [0.25, 0.3) is 0 Å². The molecule has 1 aromatic rings. The van der Waals surface area contributed by atoms with Crippen molar-refractivity contribution >= 4 is 11.6 Å². The molecule has 5 nitrogen and oxygen atoms in total. The first kappa shape index (κ1) is 15.5. The smallest absolute Gasteiger partial charge is 0.253 e. The fourth-order valence-electron chi connectivity index (χ4n) is 1.97. The van der Waals surface area contributed by atoms with Crippen LogP contribution < -0.4 is 11.1 Å². The fourth-order valence-corrected chi connectivity index (χ4v) is 1.97. The Labute approximate surface area is 114 Å². The molecule has 5 heteroatoms. The lowest BCUT2D eigenvalue weighted by atomic mass is 10.1. The van der Waals surface area contributed by atoms with Crippen molar-refractivity contribution in [2.24, 2.45) is 0 Å². The molecule has 0 aliphatic carbocycles. The number of aryl methyl sites for hydroxylation is 1. The summed E-state index contributed by atoms with van der Waals surface area (Å²) >= 11 is 0. The van der Waals surface area contributed by atoms with Crippen molar-refractivity contribution in [2.75, 3.05) is 32.9 Å². The first-order valence-electron chi connectivity index (χ1n) is 6.23. The molecule has 0 saturated heterocycles. The quantitative estimate of drug-likeness (QED) is 0.682. The molecule has 0 heterocycles. The predicted octanol–water partition coefficient (Wildman–Crippen LogP) is 0.620. The molecule has 1 unspecified atom stereocenters. The molecule has 0 saturated carbocycles. The second kappa shape index (κ2) is 6.04. The molecule has 0 spiro atoms. The minimum atomic E-state index is -0.974. The Morgan fingerprint density at radius 2 is 2.11 bits per heavy atom. The van der Waals surface area contributed by atoms with Crippen molar-refractivity contribution in [1.82, 2.24) is 10.2 Å². The highest BCUT2D eigenvalue weighted by Gasteiger charge is 2.22. The number of benzene rings is 1. The van der Waals surface area contributed by atoms with Crippen molar-refractivity contribution in [3.05, 3.63) is 29.3 Å². The van der Waals surface area contributed by atoms with Gasteiger partial charge in [-0.25, -0.2) is 0 Å². The van der Waals surface area contributed by atoms with Gasteiger partial charge in [-0.1, -0.05) is 11.6 Å². The van der Waals surface area contributed by atoms with Gasteiger partial charge in [0.1, 0.15) is 0 Å². The zero-order valence-electron chi connectivity index (χ0n) is 12.0. The highest BCUT2D eigenvalue weighted by atomic mass is 16.3. The normalized spacial score (nSPS) is 14.2. The van der Waals surface area contributed by atoms with Gasteiger partial charge in [0.05, 0.1) is 11.2 Å². The largest absolute Gasteiger partial charge is 0.398 e. The molecule has 106 valence electrons. The van der Waals surface area contributed by atoms with Gasteiger partial charge in [-0.3, -0.25) is 4.79 Å². The molecule has 19 heavy (non-hydrogen) atoms. The van der Waals surface area contributed by atoms with Gasteiger partial charge in [-0.05, 0) is 40.1 Å². The van der Waals surface area contributed by atoms with E-state index in [0.29, 0.717) is 17.8 Å².